The fraction of sp³-hybridized carbons (Fsp3) is 0.533. The van der Waals surface area contributed by atoms with Crippen molar-refractivity contribution in [1.82, 2.24) is 0 Å². The Morgan fingerprint density at radius 2 is 1.55 bits per heavy atom. The predicted molar refractivity (Wildman–Crippen MR) is 89.6 cm³/mol. The lowest BCUT2D eigenvalue weighted by Gasteiger charge is -2.25. The molecule has 0 aromatic heterocycles. The number of carbonyl (C=O) groups excluding carboxylic acids is 1. The summed E-state index contributed by atoms with van der Waals surface area (Å²) in [4.78, 5) is 13.9. The third-order valence-corrected chi connectivity index (χ3v) is 3.55. The third-order valence-electron chi connectivity index (χ3n) is 3.55. The van der Waals surface area contributed by atoms with E-state index in [1.807, 2.05) is 13.8 Å². The van der Waals surface area contributed by atoms with Crippen molar-refractivity contribution in [1.29, 1.82) is 0 Å². The number of ether oxygens (including phenoxy) is 3. The highest BCUT2D eigenvalue weighted by Gasteiger charge is 2.24. The number of benzene rings is 1. The molecule has 0 aliphatic rings. The minimum absolute atomic E-state index is 0. The molecule has 2 atom stereocenters. The maximum atomic E-state index is 12.4. The van der Waals surface area contributed by atoms with E-state index in [4.69, 9.17) is 19.9 Å². The van der Waals surface area contributed by atoms with Gasteiger partial charge in [-0.15, -0.1) is 12.4 Å². The van der Waals surface area contributed by atoms with Crippen LogP contribution < -0.4 is 24.8 Å². The number of hydrogen-bond donors (Lipinski definition) is 1. The van der Waals surface area contributed by atoms with E-state index in [0.717, 1.165) is 0 Å². The zero-order valence-electron chi connectivity index (χ0n) is 13.9. The first-order valence-corrected chi connectivity index (χ1v) is 6.70. The summed E-state index contributed by atoms with van der Waals surface area (Å²) in [6.07, 6.45) is 0. The first-order valence-electron chi connectivity index (χ1n) is 6.70. The molecule has 2 N–H and O–H groups in total. The van der Waals surface area contributed by atoms with Crippen LogP contribution in [-0.2, 0) is 4.79 Å². The Balaban J connectivity index is 0.00000441. The maximum Gasteiger partial charge on any atom is 0.231 e. The molecule has 2 unspecified atom stereocenters. The van der Waals surface area contributed by atoms with E-state index in [-0.39, 0.29) is 30.3 Å². The van der Waals surface area contributed by atoms with Gasteiger partial charge in [-0.3, -0.25) is 4.79 Å². The Morgan fingerprint density at radius 1 is 1.09 bits per heavy atom. The van der Waals surface area contributed by atoms with Gasteiger partial charge in [0.2, 0.25) is 11.7 Å². The van der Waals surface area contributed by atoms with Crippen LogP contribution in [0.5, 0.6) is 17.2 Å². The largest absolute Gasteiger partial charge is 0.493 e. The fourth-order valence-corrected chi connectivity index (χ4v) is 1.92. The monoisotopic (exact) mass is 332 g/mol. The SMILES string of the molecule is COc1cc(N(C)C(=O)C(C)C(C)N)cc(OC)c1OC.Cl. The van der Waals surface area contributed by atoms with Gasteiger partial charge in [0.25, 0.3) is 0 Å². The number of nitrogens with zero attached hydrogens (tertiary/aromatic N) is 1. The second-order valence-electron chi connectivity index (χ2n) is 4.93. The number of halogens is 1. The maximum absolute atomic E-state index is 12.4. The molecule has 1 rings (SSSR count). The average molecular weight is 333 g/mol. The smallest absolute Gasteiger partial charge is 0.231 e. The van der Waals surface area contributed by atoms with Gasteiger partial charge in [-0.25, -0.2) is 0 Å². The van der Waals surface area contributed by atoms with Crippen molar-refractivity contribution in [2.45, 2.75) is 19.9 Å². The number of carbonyl (C=O) groups is 1. The van der Waals surface area contributed by atoms with Gasteiger partial charge in [-0.05, 0) is 6.92 Å². The van der Waals surface area contributed by atoms with Gasteiger partial charge in [0.15, 0.2) is 11.5 Å². The second kappa shape index (κ2) is 8.70. The van der Waals surface area contributed by atoms with Gasteiger partial charge in [0.05, 0.1) is 32.9 Å². The number of methoxy groups -OCH3 is 3. The minimum Gasteiger partial charge on any atom is -0.493 e. The summed E-state index contributed by atoms with van der Waals surface area (Å²) >= 11 is 0. The van der Waals surface area contributed by atoms with E-state index in [2.05, 4.69) is 0 Å². The fourth-order valence-electron chi connectivity index (χ4n) is 1.92. The molecule has 22 heavy (non-hydrogen) atoms. The third kappa shape index (κ3) is 4.18. The lowest BCUT2D eigenvalue weighted by atomic mass is 10.0. The molecule has 0 aliphatic carbocycles. The van der Waals surface area contributed by atoms with Gasteiger partial charge in [-0.1, -0.05) is 6.92 Å². The van der Waals surface area contributed by atoms with Crippen LogP contribution in [0.1, 0.15) is 13.8 Å². The Labute approximate surface area is 137 Å². The van der Waals surface area contributed by atoms with Crippen LogP contribution >= 0.6 is 12.4 Å². The molecule has 0 radical (unpaired) electrons. The molecule has 1 aromatic rings. The molecule has 7 heteroatoms. The van der Waals surface area contributed by atoms with Gasteiger partial charge < -0.3 is 24.8 Å². The van der Waals surface area contributed by atoms with Crippen molar-refractivity contribution in [3.8, 4) is 17.2 Å². The average Bonchev–Trinajstić information content (AvgIpc) is 2.50. The first-order chi connectivity index (χ1) is 9.87. The molecule has 1 amide bonds. The number of anilines is 1. The van der Waals surface area contributed by atoms with Crippen LogP contribution in [0.2, 0.25) is 0 Å². The normalized spacial score (nSPS) is 12.7. The molecular formula is C15H25ClN2O4. The molecule has 0 bridgehead atoms. The van der Waals surface area contributed by atoms with E-state index in [9.17, 15) is 4.79 Å². The summed E-state index contributed by atoms with van der Waals surface area (Å²) in [5.41, 5.74) is 6.45. The number of rotatable bonds is 6. The van der Waals surface area contributed by atoms with Crippen molar-refractivity contribution in [3.63, 3.8) is 0 Å². The molecule has 1 aromatic carbocycles. The summed E-state index contributed by atoms with van der Waals surface area (Å²) < 4.78 is 15.8. The van der Waals surface area contributed by atoms with E-state index >= 15 is 0 Å². The van der Waals surface area contributed by atoms with Gasteiger partial charge in [0, 0.05) is 25.2 Å². The summed E-state index contributed by atoms with van der Waals surface area (Å²) in [5, 5.41) is 0. The highest BCUT2D eigenvalue weighted by atomic mass is 35.5. The van der Waals surface area contributed by atoms with Crippen molar-refractivity contribution in [3.05, 3.63) is 12.1 Å². The summed E-state index contributed by atoms with van der Waals surface area (Å²) in [7, 11) is 6.30. The van der Waals surface area contributed by atoms with Crippen LogP contribution in [0, 0.1) is 5.92 Å². The van der Waals surface area contributed by atoms with E-state index in [1.54, 1.807) is 24.1 Å². The Morgan fingerprint density at radius 3 is 1.86 bits per heavy atom. The van der Waals surface area contributed by atoms with Crippen LogP contribution in [0.25, 0.3) is 0 Å². The molecule has 6 nitrogen and oxygen atoms in total. The zero-order chi connectivity index (χ0) is 16.2. The zero-order valence-corrected chi connectivity index (χ0v) is 14.7. The molecule has 0 aliphatic heterocycles. The highest BCUT2D eigenvalue weighted by molar-refractivity contribution is 5.95. The van der Waals surface area contributed by atoms with E-state index in [1.165, 1.54) is 21.3 Å². The van der Waals surface area contributed by atoms with Crippen LogP contribution in [0.15, 0.2) is 12.1 Å². The Bertz CT molecular complexity index is 483. The number of nitrogens with two attached hydrogens (primary N) is 1. The molecule has 0 saturated carbocycles. The van der Waals surface area contributed by atoms with Crippen molar-refractivity contribution < 1.29 is 19.0 Å². The molecule has 0 heterocycles. The van der Waals surface area contributed by atoms with Crippen molar-refractivity contribution in [2.24, 2.45) is 11.7 Å². The predicted octanol–water partition coefficient (Wildman–Crippen LogP) is 2.08. The minimum atomic E-state index is -0.283. The van der Waals surface area contributed by atoms with Crippen LogP contribution in [0.4, 0.5) is 5.69 Å². The standard InChI is InChI=1S/C15H24N2O4.ClH/c1-9(10(2)16)15(18)17(3)11-7-12(19-4)14(21-6)13(8-11)20-5;/h7-10H,16H2,1-6H3;1H. The molecule has 0 fully saturated rings. The summed E-state index contributed by atoms with van der Waals surface area (Å²) in [6.45, 7) is 3.62. The van der Waals surface area contributed by atoms with Crippen LogP contribution in [0.3, 0.4) is 0 Å². The first kappa shape index (κ1) is 20.3. The lowest BCUT2D eigenvalue weighted by Crippen LogP contribution is -2.39. The van der Waals surface area contributed by atoms with Crippen molar-refractivity contribution in [2.75, 3.05) is 33.3 Å². The second-order valence-corrected chi connectivity index (χ2v) is 4.93. The van der Waals surface area contributed by atoms with Gasteiger partial charge in [0.1, 0.15) is 0 Å². The van der Waals surface area contributed by atoms with Crippen molar-refractivity contribution >= 4 is 24.0 Å². The van der Waals surface area contributed by atoms with Gasteiger partial charge >= 0.3 is 0 Å². The highest BCUT2D eigenvalue weighted by Crippen LogP contribution is 2.41. The quantitative estimate of drug-likeness (QED) is 0.863. The van der Waals surface area contributed by atoms with E-state index < -0.39 is 0 Å². The van der Waals surface area contributed by atoms with Crippen LogP contribution in [-0.4, -0.2) is 40.3 Å². The number of amides is 1. The summed E-state index contributed by atoms with van der Waals surface area (Å²) in [5.74, 6) is 1.14. The lowest BCUT2D eigenvalue weighted by molar-refractivity contribution is -0.122. The molecule has 0 saturated heterocycles. The Hall–Kier alpha value is -1.66. The molecular weight excluding hydrogens is 308 g/mol. The summed E-state index contributed by atoms with van der Waals surface area (Å²) in [6, 6.07) is 3.24. The number of hydrogen-bond acceptors (Lipinski definition) is 5. The van der Waals surface area contributed by atoms with Gasteiger partial charge in [-0.2, -0.15) is 0 Å². The van der Waals surface area contributed by atoms with E-state index in [0.29, 0.717) is 22.9 Å². The Kier molecular flexibility index (Phi) is 8.05. The molecule has 0 spiro atoms. The topological polar surface area (TPSA) is 74.0 Å². The molecule has 126 valence electrons.